The summed E-state index contributed by atoms with van der Waals surface area (Å²) in [5, 5.41) is 0. The molecule has 0 saturated heterocycles. The summed E-state index contributed by atoms with van der Waals surface area (Å²) in [6.45, 7) is 8.00. The molecule has 0 N–H and O–H groups in total. The van der Waals surface area contributed by atoms with E-state index in [1.54, 1.807) is 14.2 Å². The van der Waals surface area contributed by atoms with Crippen molar-refractivity contribution in [3.63, 3.8) is 0 Å². The predicted octanol–water partition coefficient (Wildman–Crippen LogP) is 5.42. The Balaban J connectivity index is 0.000000829. The lowest BCUT2D eigenvalue weighted by atomic mass is 10.1. The first-order valence-corrected chi connectivity index (χ1v) is 7.12. The maximum absolute atomic E-state index is 5.12. The standard InChI is InChI=1S/C14H14O2.2C2H6/c1-15-13-7-3-11(4-8-13)12-5-9-14(16-2)10-6-12;2*1-2/h3-10H,1-2H3;2*1-2H3. The third kappa shape index (κ3) is 5.35. The SMILES string of the molecule is CC.CC.COc1ccc(-c2ccc(OC)cc2)cc1. The fourth-order valence-electron chi connectivity index (χ4n) is 1.57. The van der Waals surface area contributed by atoms with Crippen molar-refractivity contribution in [2.45, 2.75) is 27.7 Å². The Morgan fingerprint density at radius 1 is 0.500 bits per heavy atom. The molecule has 0 bridgehead atoms. The third-order valence-corrected chi connectivity index (χ3v) is 2.51. The summed E-state index contributed by atoms with van der Waals surface area (Å²) in [6, 6.07) is 16.0. The lowest BCUT2D eigenvalue weighted by Crippen LogP contribution is -1.84. The summed E-state index contributed by atoms with van der Waals surface area (Å²) in [4.78, 5) is 0. The van der Waals surface area contributed by atoms with Gasteiger partial charge in [-0.05, 0) is 35.4 Å². The first kappa shape index (κ1) is 18.0. The highest BCUT2D eigenvalue weighted by molar-refractivity contribution is 5.64. The van der Waals surface area contributed by atoms with Crippen LogP contribution in [-0.4, -0.2) is 14.2 Å². The molecule has 0 aliphatic heterocycles. The number of hydrogen-bond donors (Lipinski definition) is 0. The van der Waals surface area contributed by atoms with Crippen LogP contribution in [0.5, 0.6) is 11.5 Å². The van der Waals surface area contributed by atoms with Gasteiger partial charge in [-0.15, -0.1) is 0 Å². The molecular formula is C18H26O2. The quantitative estimate of drug-likeness (QED) is 0.743. The van der Waals surface area contributed by atoms with Crippen molar-refractivity contribution in [2.75, 3.05) is 14.2 Å². The van der Waals surface area contributed by atoms with E-state index in [1.165, 1.54) is 11.1 Å². The summed E-state index contributed by atoms with van der Waals surface area (Å²) < 4.78 is 10.2. The second-order valence-electron chi connectivity index (χ2n) is 3.46. The van der Waals surface area contributed by atoms with Crippen LogP contribution in [0.4, 0.5) is 0 Å². The normalized spacial score (nSPS) is 8.50. The van der Waals surface area contributed by atoms with Gasteiger partial charge in [0.2, 0.25) is 0 Å². The van der Waals surface area contributed by atoms with Crippen LogP contribution in [0.15, 0.2) is 48.5 Å². The molecule has 0 fully saturated rings. The molecule has 20 heavy (non-hydrogen) atoms. The first-order valence-electron chi connectivity index (χ1n) is 7.12. The summed E-state index contributed by atoms with van der Waals surface area (Å²) in [5.41, 5.74) is 2.34. The van der Waals surface area contributed by atoms with Crippen molar-refractivity contribution in [3.8, 4) is 22.6 Å². The van der Waals surface area contributed by atoms with Gasteiger partial charge in [0.15, 0.2) is 0 Å². The van der Waals surface area contributed by atoms with Gasteiger partial charge in [-0.1, -0.05) is 52.0 Å². The van der Waals surface area contributed by atoms with Gasteiger partial charge in [0.25, 0.3) is 0 Å². The minimum absolute atomic E-state index is 0.872. The van der Waals surface area contributed by atoms with Crippen molar-refractivity contribution in [1.29, 1.82) is 0 Å². The Hall–Kier alpha value is -1.96. The highest BCUT2D eigenvalue weighted by Crippen LogP contribution is 2.24. The predicted molar refractivity (Wildman–Crippen MR) is 87.7 cm³/mol. The van der Waals surface area contributed by atoms with Gasteiger partial charge in [-0.25, -0.2) is 0 Å². The molecule has 2 heteroatoms. The van der Waals surface area contributed by atoms with Gasteiger partial charge in [-0.3, -0.25) is 0 Å². The number of hydrogen-bond acceptors (Lipinski definition) is 2. The van der Waals surface area contributed by atoms with E-state index in [1.807, 2.05) is 76.2 Å². The van der Waals surface area contributed by atoms with Crippen molar-refractivity contribution in [3.05, 3.63) is 48.5 Å². The Labute approximate surface area is 123 Å². The van der Waals surface area contributed by atoms with Gasteiger partial charge in [0.05, 0.1) is 14.2 Å². The molecule has 0 saturated carbocycles. The Bertz CT molecular complexity index is 398. The number of ether oxygens (including phenoxy) is 2. The maximum atomic E-state index is 5.12. The van der Waals surface area contributed by atoms with Crippen LogP contribution in [0.3, 0.4) is 0 Å². The fourth-order valence-corrected chi connectivity index (χ4v) is 1.57. The molecule has 0 heterocycles. The molecule has 0 spiro atoms. The second kappa shape index (κ2) is 10.9. The highest BCUT2D eigenvalue weighted by atomic mass is 16.5. The minimum Gasteiger partial charge on any atom is -0.497 e. The molecule has 2 aromatic carbocycles. The van der Waals surface area contributed by atoms with E-state index in [9.17, 15) is 0 Å². The molecule has 110 valence electrons. The zero-order valence-corrected chi connectivity index (χ0v) is 13.4. The van der Waals surface area contributed by atoms with Crippen molar-refractivity contribution in [1.82, 2.24) is 0 Å². The van der Waals surface area contributed by atoms with Gasteiger partial charge in [-0.2, -0.15) is 0 Å². The molecule has 0 atom stereocenters. The highest BCUT2D eigenvalue weighted by Gasteiger charge is 1.98. The third-order valence-electron chi connectivity index (χ3n) is 2.51. The Morgan fingerprint density at radius 3 is 0.950 bits per heavy atom. The molecule has 2 aromatic rings. The molecule has 0 radical (unpaired) electrons. The number of methoxy groups -OCH3 is 2. The van der Waals surface area contributed by atoms with E-state index in [4.69, 9.17) is 9.47 Å². The van der Waals surface area contributed by atoms with Gasteiger partial charge < -0.3 is 9.47 Å². The average Bonchev–Trinajstić information content (AvgIpc) is 2.59. The fraction of sp³-hybridized carbons (Fsp3) is 0.333. The summed E-state index contributed by atoms with van der Waals surface area (Å²) in [7, 11) is 3.34. The Kier molecular flexibility index (Phi) is 9.85. The molecule has 0 aliphatic rings. The van der Waals surface area contributed by atoms with Gasteiger partial charge >= 0.3 is 0 Å². The van der Waals surface area contributed by atoms with Crippen LogP contribution in [-0.2, 0) is 0 Å². The van der Waals surface area contributed by atoms with Crippen molar-refractivity contribution < 1.29 is 9.47 Å². The summed E-state index contributed by atoms with van der Waals surface area (Å²) in [6.07, 6.45) is 0. The summed E-state index contributed by atoms with van der Waals surface area (Å²) >= 11 is 0. The molecule has 0 aromatic heterocycles. The van der Waals surface area contributed by atoms with Crippen LogP contribution >= 0.6 is 0 Å². The van der Waals surface area contributed by atoms with Crippen LogP contribution in [0.25, 0.3) is 11.1 Å². The van der Waals surface area contributed by atoms with Crippen LogP contribution in [0.1, 0.15) is 27.7 Å². The van der Waals surface area contributed by atoms with Crippen LogP contribution in [0.2, 0.25) is 0 Å². The van der Waals surface area contributed by atoms with Crippen molar-refractivity contribution >= 4 is 0 Å². The molecule has 0 aliphatic carbocycles. The smallest absolute Gasteiger partial charge is 0.118 e. The maximum Gasteiger partial charge on any atom is 0.118 e. The molecule has 0 amide bonds. The lowest BCUT2D eigenvalue weighted by Gasteiger charge is -2.05. The zero-order valence-electron chi connectivity index (χ0n) is 13.4. The van der Waals surface area contributed by atoms with Crippen LogP contribution < -0.4 is 9.47 Å². The van der Waals surface area contributed by atoms with E-state index in [0.717, 1.165) is 11.5 Å². The van der Waals surface area contributed by atoms with Crippen molar-refractivity contribution in [2.24, 2.45) is 0 Å². The molecule has 2 nitrogen and oxygen atoms in total. The minimum atomic E-state index is 0.872. The topological polar surface area (TPSA) is 18.5 Å². The lowest BCUT2D eigenvalue weighted by molar-refractivity contribution is 0.414. The van der Waals surface area contributed by atoms with Gasteiger partial charge in [0.1, 0.15) is 11.5 Å². The first-order chi connectivity index (χ1) is 9.83. The zero-order chi connectivity index (χ0) is 15.4. The van der Waals surface area contributed by atoms with Crippen LogP contribution in [0, 0.1) is 0 Å². The largest absolute Gasteiger partial charge is 0.497 e. The summed E-state index contributed by atoms with van der Waals surface area (Å²) in [5.74, 6) is 1.74. The average molecular weight is 274 g/mol. The monoisotopic (exact) mass is 274 g/mol. The van der Waals surface area contributed by atoms with Gasteiger partial charge in [0, 0.05) is 0 Å². The molecule has 2 rings (SSSR count). The number of rotatable bonds is 3. The second-order valence-corrected chi connectivity index (χ2v) is 3.46. The van der Waals surface area contributed by atoms with E-state index >= 15 is 0 Å². The molecular weight excluding hydrogens is 248 g/mol. The van der Waals surface area contributed by atoms with E-state index in [2.05, 4.69) is 0 Å². The Morgan fingerprint density at radius 2 is 0.750 bits per heavy atom. The van der Waals surface area contributed by atoms with E-state index in [0.29, 0.717) is 0 Å². The van der Waals surface area contributed by atoms with E-state index < -0.39 is 0 Å². The van der Waals surface area contributed by atoms with E-state index in [-0.39, 0.29) is 0 Å². The number of benzene rings is 2. The molecule has 0 unspecified atom stereocenters.